The molecule has 3 rings (SSSR count). The van der Waals surface area contributed by atoms with Gasteiger partial charge in [-0.2, -0.15) is 0 Å². The first kappa shape index (κ1) is 14.2. The molecule has 4 nitrogen and oxygen atoms in total. The number of nitrogens with one attached hydrogen (secondary N) is 1. The lowest BCUT2D eigenvalue weighted by molar-refractivity contribution is -0.132. The molecule has 1 N–H and O–H groups in total. The van der Waals surface area contributed by atoms with Gasteiger partial charge in [0, 0.05) is 6.54 Å². The molecule has 1 heterocycles. The fourth-order valence-corrected chi connectivity index (χ4v) is 3.53. The van der Waals surface area contributed by atoms with Crippen LogP contribution in [0.15, 0.2) is 0 Å². The van der Waals surface area contributed by atoms with Gasteiger partial charge < -0.3 is 9.64 Å². The van der Waals surface area contributed by atoms with Crippen molar-refractivity contribution in [1.29, 1.82) is 0 Å². The van der Waals surface area contributed by atoms with Gasteiger partial charge >= 0.3 is 0 Å². The highest BCUT2D eigenvalue weighted by Gasteiger charge is 2.60. The van der Waals surface area contributed by atoms with Gasteiger partial charge in [0.05, 0.1) is 18.3 Å². The Bertz CT molecular complexity index is 368. The third-order valence-corrected chi connectivity index (χ3v) is 4.75. The van der Waals surface area contributed by atoms with E-state index >= 15 is 0 Å². The molecule has 1 amide bonds. The number of carbonyl (C=O) groups excluding carboxylic acids is 1. The molecule has 0 bridgehead atoms. The summed E-state index contributed by atoms with van der Waals surface area (Å²) in [7, 11) is 0. The zero-order valence-corrected chi connectivity index (χ0v) is 11.6. The van der Waals surface area contributed by atoms with Crippen molar-refractivity contribution in [1.82, 2.24) is 10.2 Å². The molecule has 114 valence electrons. The standard InChI is InChI=1S/C14H22F2N2O2/c15-11(16)9-20-8-7-18-12(10-3-1-2-4-10)17-14(5-6-14)13(18)19/h10-12,17H,1-9H2. The molecule has 3 aliphatic rings. The van der Waals surface area contributed by atoms with E-state index in [0.717, 1.165) is 25.7 Å². The highest BCUT2D eigenvalue weighted by molar-refractivity contribution is 5.91. The second kappa shape index (κ2) is 5.56. The third kappa shape index (κ3) is 2.68. The van der Waals surface area contributed by atoms with Crippen molar-refractivity contribution in [2.24, 2.45) is 5.92 Å². The minimum absolute atomic E-state index is 0.0858. The minimum atomic E-state index is -2.44. The van der Waals surface area contributed by atoms with Gasteiger partial charge in [0.1, 0.15) is 6.61 Å². The monoisotopic (exact) mass is 288 g/mol. The Morgan fingerprint density at radius 1 is 1.35 bits per heavy atom. The summed E-state index contributed by atoms with van der Waals surface area (Å²) in [6.07, 6.45) is 4.20. The van der Waals surface area contributed by atoms with Crippen molar-refractivity contribution in [3.05, 3.63) is 0 Å². The van der Waals surface area contributed by atoms with Crippen LogP contribution >= 0.6 is 0 Å². The van der Waals surface area contributed by atoms with Crippen LogP contribution in [0.1, 0.15) is 38.5 Å². The Balaban J connectivity index is 1.58. The Kier molecular flexibility index (Phi) is 3.95. The Morgan fingerprint density at radius 2 is 2.05 bits per heavy atom. The number of amides is 1. The Hall–Kier alpha value is -0.750. The average molecular weight is 288 g/mol. The van der Waals surface area contributed by atoms with E-state index in [0.29, 0.717) is 12.5 Å². The van der Waals surface area contributed by atoms with E-state index in [4.69, 9.17) is 4.74 Å². The van der Waals surface area contributed by atoms with Crippen molar-refractivity contribution in [3.8, 4) is 0 Å². The van der Waals surface area contributed by atoms with Crippen molar-refractivity contribution in [2.45, 2.75) is 56.7 Å². The second-order valence-electron chi connectivity index (χ2n) is 6.18. The molecule has 20 heavy (non-hydrogen) atoms. The molecule has 3 fully saturated rings. The molecule has 1 unspecified atom stereocenters. The molecular weight excluding hydrogens is 266 g/mol. The number of alkyl halides is 2. The third-order valence-electron chi connectivity index (χ3n) is 4.75. The summed E-state index contributed by atoms with van der Waals surface area (Å²) in [6.45, 7) is 0.0627. The molecule has 0 aromatic rings. The van der Waals surface area contributed by atoms with Crippen LogP contribution in [0.2, 0.25) is 0 Å². The molecular formula is C14H22F2N2O2. The zero-order valence-electron chi connectivity index (χ0n) is 11.6. The summed E-state index contributed by atoms with van der Waals surface area (Å²) in [5.41, 5.74) is -0.323. The summed E-state index contributed by atoms with van der Waals surface area (Å²) in [5.74, 6) is 0.657. The molecule has 2 saturated carbocycles. The Labute approximate surface area is 117 Å². The predicted molar refractivity (Wildman–Crippen MR) is 69.4 cm³/mol. The quantitative estimate of drug-likeness (QED) is 0.757. The first-order valence-corrected chi connectivity index (χ1v) is 7.57. The van der Waals surface area contributed by atoms with E-state index in [1.807, 2.05) is 4.90 Å². The van der Waals surface area contributed by atoms with Gasteiger partial charge in [0.2, 0.25) is 5.91 Å². The van der Waals surface area contributed by atoms with E-state index in [1.165, 1.54) is 12.8 Å². The minimum Gasteiger partial charge on any atom is -0.374 e. The summed E-state index contributed by atoms with van der Waals surface area (Å²) in [5, 5.41) is 3.51. The van der Waals surface area contributed by atoms with Gasteiger partial charge in [-0.05, 0) is 31.6 Å². The lowest BCUT2D eigenvalue weighted by atomic mass is 10.0. The smallest absolute Gasteiger partial charge is 0.261 e. The largest absolute Gasteiger partial charge is 0.374 e. The van der Waals surface area contributed by atoms with Crippen LogP contribution in [-0.4, -0.2) is 48.7 Å². The number of hydrogen-bond donors (Lipinski definition) is 1. The maximum absolute atomic E-state index is 12.4. The van der Waals surface area contributed by atoms with Crippen LogP contribution in [-0.2, 0) is 9.53 Å². The van der Waals surface area contributed by atoms with Gasteiger partial charge in [0.25, 0.3) is 6.43 Å². The van der Waals surface area contributed by atoms with Crippen LogP contribution in [0.4, 0.5) is 8.78 Å². The van der Waals surface area contributed by atoms with Gasteiger partial charge in [-0.1, -0.05) is 12.8 Å². The van der Waals surface area contributed by atoms with E-state index in [1.54, 1.807) is 0 Å². The number of halogens is 2. The molecule has 0 radical (unpaired) electrons. The van der Waals surface area contributed by atoms with E-state index < -0.39 is 13.0 Å². The van der Waals surface area contributed by atoms with Gasteiger partial charge in [-0.15, -0.1) is 0 Å². The normalized spacial score (nSPS) is 29.1. The molecule has 1 spiro atoms. The van der Waals surface area contributed by atoms with Gasteiger partial charge in [0.15, 0.2) is 0 Å². The highest BCUT2D eigenvalue weighted by atomic mass is 19.3. The van der Waals surface area contributed by atoms with E-state index in [2.05, 4.69) is 5.32 Å². The van der Waals surface area contributed by atoms with Crippen molar-refractivity contribution in [2.75, 3.05) is 19.8 Å². The molecule has 0 aromatic heterocycles. The average Bonchev–Trinajstić information content (AvgIpc) is 2.89. The summed E-state index contributed by atoms with van der Waals surface area (Å²) >= 11 is 0. The summed E-state index contributed by atoms with van der Waals surface area (Å²) < 4.78 is 29.0. The second-order valence-corrected chi connectivity index (χ2v) is 6.18. The number of hydrogen-bond acceptors (Lipinski definition) is 3. The molecule has 0 aromatic carbocycles. The van der Waals surface area contributed by atoms with Gasteiger partial charge in [-0.25, -0.2) is 8.78 Å². The van der Waals surface area contributed by atoms with Crippen molar-refractivity contribution < 1.29 is 18.3 Å². The van der Waals surface area contributed by atoms with Crippen LogP contribution in [0, 0.1) is 5.92 Å². The molecule has 1 atom stereocenters. The lowest BCUT2D eigenvalue weighted by Gasteiger charge is -2.28. The van der Waals surface area contributed by atoms with Gasteiger partial charge in [-0.3, -0.25) is 10.1 Å². The number of rotatable bonds is 6. The molecule has 1 saturated heterocycles. The summed E-state index contributed by atoms with van der Waals surface area (Å²) in [4.78, 5) is 14.3. The van der Waals surface area contributed by atoms with Crippen LogP contribution in [0.3, 0.4) is 0 Å². The van der Waals surface area contributed by atoms with E-state index in [-0.39, 0.29) is 24.2 Å². The number of ether oxygens (including phenoxy) is 1. The molecule has 1 aliphatic heterocycles. The molecule has 2 aliphatic carbocycles. The number of carbonyl (C=O) groups is 1. The van der Waals surface area contributed by atoms with Crippen LogP contribution < -0.4 is 5.32 Å². The zero-order chi connectivity index (χ0) is 14.2. The van der Waals surface area contributed by atoms with Crippen molar-refractivity contribution in [3.63, 3.8) is 0 Å². The predicted octanol–water partition coefficient (Wildman–Crippen LogP) is 1.75. The fourth-order valence-electron chi connectivity index (χ4n) is 3.53. The maximum Gasteiger partial charge on any atom is 0.261 e. The molecule has 6 heteroatoms. The lowest BCUT2D eigenvalue weighted by Crippen LogP contribution is -2.44. The first-order valence-electron chi connectivity index (χ1n) is 7.57. The maximum atomic E-state index is 12.4. The Morgan fingerprint density at radius 3 is 2.65 bits per heavy atom. The highest BCUT2D eigenvalue weighted by Crippen LogP contribution is 2.45. The number of nitrogens with zero attached hydrogens (tertiary/aromatic N) is 1. The van der Waals surface area contributed by atoms with Crippen LogP contribution in [0.25, 0.3) is 0 Å². The summed E-state index contributed by atoms with van der Waals surface area (Å²) in [6, 6.07) is 0. The van der Waals surface area contributed by atoms with Crippen LogP contribution in [0.5, 0.6) is 0 Å². The first-order chi connectivity index (χ1) is 9.62. The SMILES string of the molecule is O=C1N(CCOCC(F)F)C(C2CCCC2)NC12CC2. The van der Waals surface area contributed by atoms with E-state index in [9.17, 15) is 13.6 Å². The van der Waals surface area contributed by atoms with Crippen molar-refractivity contribution >= 4 is 5.91 Å². The topological polar surface area (TPSA) is 41.6 Å². The fraction of sp³-hybridized carbons (Fsp3) is 0.929.